The van der Waals surface area contributed by atoms with Crippen molar-refractivity contribution in [3.63, 3.8) is 0 Å². The third-order valence-corrected chi connectivity index (χ3v) is 3.96. The van der Waals surface area contributed by atoms with Crippen LogP contribution in [0, 0.1) is 0 Å². The Balaban J connectivity index is 1.56. The molecule has 1 aromatic carbocycles. The summed E-state index contributed by atoms with van der Waals surface area (Å²) in [6.45, 7) is 2.22. The Labute approximate surface area is 150 Å². The first kappa shape index (κ1) is 17.1. The molecule has 7 heteroatoms. The first-order valence-electron chi connectivity index (χ1n) is 7.98. The van der Waals surface area contributed by atoms with Crippen LogP contribution in [0.1, 0.15) is 18.8 Å². The lowest BCUT2D eigenvalue weighted by Gasteiger charge is -2.12. The first-order chi connectivity index (χ1) is 12.1. The zero-order chi connectivity index (χ0) is 17.6. The molecule has 2 aromatic heterocycles. The van der Waals surface area contributed by atoms with Gasteiger partial charge in [0.25, 0.3) is 0 Å². The number of carbonyl (C=O) groups is 1. The van der Waals surface area contributed by atoms with Crippen molar-refractivity contribution in [3.05, 3.63) is 65.8 Å². The molecule has 3 aromatic rings. The smallest absolute Gasteiger partial charge is 0.244 e. The van der Waals surface area contributed by atoms with E-state index in [0.29, 0.717) is 23.8 Å². The van der Waals surface area contributed by atoms with Gasteiger partial charge in [0.2, 0.25) is 5.91 Å². The second kappa shape index (κ2) is 7.90. The van der Waals surface area contributed by atoms with E-state index in [0.717, 1.165) is 11.3 Å². The van der Waals surface area contributed by atoms with Gasteiger partial charge in [0, 0.05) is 30.9 Å². The van der Waals surface area contributed by atoms with Crippen molar-refractivity contribution in [2.75, 3.05) is 6.54 Å². The molecule has 128 valence electrons. The molecule has 2 heterocycles. The number of halogens is 1. The fraction of sp³-hybridized carbons (Fsp3) is 0.222. The summed E-state index contributed by atoms with van der Waals surface area (Å²) in [4.78, 5) is 21.0. The molecule has 0 saturated heterocycles. The minimum atomic E-state index is -0.427. The van der Waals surface area contributed by atoms with Crippen molar-refractivity contribution in [1.29, 1.82) is 0 Å². The molecule has 1 atom stereocenters. The van der Waals surface area contributed by atoms with Crippen LogP contribution in [0.25, 0.3) is 11.3 Å². The first-order valence-corrected chi connectivity index (χ1v) is 8.36. The average molecular weight is 356 g/mol. The van der Waals surface area contributed by atoms with Crippen LogP contribution < -0.4 is 5.32 Å². The summed E-state index contributed by atoms with van der Waals surface area (Å²) in [6, 6.07) is 11.4. The van der Waals surface area contributed by atoms with Gasteiger partial charge in [0.1, 0.15) is 11.9 Å². The molecule has 0 bridgehead atoms. The number of hydrogen-bond donors (Lipinski definition) is 1. The highest BCUT2D eigenvalue weighted by Gasteiger charge is 2.15. The largest absolute Gasteiger partial charge is 0.354 e. The fourth-order valence-corrected chi connectivity index (χ4v) is 2.52. The zero-order valence-electron chi connectivity index (χ0n) is 13.8. The molecule has 0 fully saturated rings. The summed E-state index contributed by atoms with van der Waals surface area (Å²) in [5, 5.41) is 7.43. The molecule has 0 aliphatic carbocycles. The van der Waals surface area contributed by atoms with Crippen LogP contribution in [0.4, 0.5) is 0 Å². The van der Waals surface area contributed by atoms with Crippen molar-refractivity contribution >= 4 is 17.5 Å². The van der Waals surface area contributed by atoms with Gasteiger partial charge >= 0.3 is 0 Å². The van der Waals surface area contributed by atoms with Gasteiger partial charge in [-0.2, -0.15) is 5.10 Å². The normalized spacial score (nSPS) is 11.9. The van der Waals surface area contributed by atoms with E-state index in [2.05, 4.69) is 20.4 Å². The Kier molecular flexibility index (Phi) is 5.40. The summed E-state index contributed by atoms with van der Waals surface area (Å²) >= 11 is 5.83. The van der Waals surface area contributed by atoms with Crippen molar-refractivity contribution in [1.82, 2.24) is 25.1 Å². The predicted octanol–water partition coefficient (Wildman–Crippen LogP) is 2.91. The summed E-state index contributed by atoms with van der Waals surface area (Å²) in [7, 11) is 0. The Bertz CT molecular complexity index is 849. The maximum Gasteiger partial charge on any atom is 0.244 e. The minimum absolute atomic E-state index is 0.126. The van der Waals surface area contributed by atoms with E-state index >= 15 is 0 Å². The second-order valence-electron chi connectivity index (χ2n) is 5.58. The van der Waals surface area contributed by atoms with Crippen molar-refractivity contribution in [2.24, 2.45) is 0 Å². The number of nitrogens with one attached hydrogen (secondary N) is 1. The monoisotopic (exact) mass is 355 g/mol. The molecular formula is C18H18ClN5O. The van der Waals surface area contributed by atoms with E-state index in [-0.39, 0.29) is 5.91 Å². The molecule has 0 saturated carbocycles. The molecule has 0 aliphatic rings. The fourth-order valence-electron chi connectivity index (χ4n) is 2.38. The Morgan fingerprint density at radius 2 is 2.08 bits per heavy atom. The highest BCUT2D eigenvalue weighted by molar-refractivity contribution is 6.30. The molecule has 25 heavy (non-hydrogen) atoms. The number of rotatable bonds is 6. The maximum atomic E-state index is 12.2. The number of nitrogens with zero attached hydrogens (tertiary/aromatic N) is 4. The maximum absolute atomic E-state index is 12.2. The van der Waals surface area contributed by atoms with Gasteiger partial charge in [-0.3, -0.25) is 9.48 Å². The predicted molar refractivity (Wildman–Crippen MR) is 96.1 cm³/mol. The number of hydrogen-bond acceptors (Lipinski definition) is 4. The van der Waals surface area contributed by atoms with Crippen LogP contribution in [-0.4, -0.2) is 32.2 Å². The van der Waals surface area contributed by atoms with Gasteiger partial charge in [-0.25, -0.2) is 9.97 Å². The molecular weight excluding hydrogens is 338 g/mol. The van der Waals surface area contributed by atoms with Gasteiger partial charge in [-0.15, -0.1) is 0 Å². The molecule has 3 rings (SSSR count). The second-order valence-corrected chi connectivity index (χ2v) is 6.02. The van der Waals surface area contributed by atoms with Gasteiger partial charge in [0.15, 0.2) is 0 Å². The summed E-state index contributed by atoms with van der Waals surface area (Å²) in [5.41, 5.74) is 1.91. The lowest BCUT2D eigenvalue weighted by molar-refractivity contribution is -0.124. The summed E-state index contributed by atoms with van der Waals surface area (Å²) in [6.07, 6.45) is 5.42. The SMILES string of the molecule is C[C@H](C(=O)NCCc1nccc(-c2ccccc2)n1)n1cc(Cl)cn1. The quantitative estimate of drug-likeness (QED) is 0.738. The molecule has 0 unspecified atom stereocenters. The van der Waals surface area contributed by atoms with Crippen LogP contribution >= 0.6 is 11.6 Å². The van der Waals surface area contributed by atoms with Crippen LogP contribution in [0.5, 0.6) is 0 Å². The average Bonchev–Trinajstić information content (AvgIpc) is 3.08. The Morgan fingerprint density at radius 1 is 1.28 bits per heavy atom. The van der Waals surface area contributed by atoms with Gasteiger partial charge < -0.3 is 5.32 Å². The molecule has 0 aliphatic heterocycles. The topological polar surface area (TPSA) is 72.7 Å². The highest BCUT2D eigenvalue weighted by atomic mass is 35.5. The lowest BCUT2D eigenvalue weighted by Crippen LogP contribution is -2.32. The molecule has 6 nitrogen and oxygen atoms in total. The van der Waals surface area contributed by atoms with Gasteiger partial charge in [-0.1, -0.05) is 41.9 Å². The van der Waals surface area contributed by atoms with Crippen molar-refractivity contribution in [3.8, 4) is 11.3 Å². The third kappa shape index (κ3) is 4.42. The van der Waals surface area contributed by atoms with E-state index in [4.69, 9.17) is 11.6 Å². The van der Waals surface area contributed by atoms with Crippen molar-refractivity contribution in [2.45, 2.75) is 19.4 Å². The van der Waals surface area contributed by atoms with E-state index in [1.807, 2.05) is 36.4 Å². The summed E-state index contributed by atoms with van der Waals surface area (Å²) < 4.78 is 1.53. The molecule has 0 radical (unpaired) electrons. The summed E-state index contributed by atoms with van der Waals surface area (Å²) in [5.74, 6) is 0.565. The molecule has 1 amide bonds. The molecule has 0 spiro atoms. The minimum Gasteiger partial charge on any atom is -0.354 e. The number of carbonyl (C=O) groups excluding carboxylic acids is 1. The van der Waals surface area contributed by atoms with E-state index in [1.165, 1.54) is 10.9 Å². The zero-order valence-corrected chi connectivity index (χ0v) is 14.5. The van der Waals surface area contributed by atoms with E-state index in [9.17, 15) is 4.79 Å². The van der Waals surface area contributed by atoms with Crippen LogP contribution in [0.3, 0.4) is 0 Å². The number of benzene rings is 1. The van der Waals surface area contributed by atoms with Crippen LogP contribution in [0.15, 0.2) is 55.0 Å². The number of aromatic nitrogens is 4. The van der Waals surface area contributed by atoms with Crippen molar-refractivity contribution < 1.29 is 4.79 Å². The number of amides is 1. The van der Waals surface area contributed by atoms with Gasteiger partial charge in [-0.05, 0) is 13.0 Å². The standard InChI is InChI=1S/C18H18ClN5O/c1-13(24-12-15(19)11-22-24)18(25)21-10-8-17-20-9-7-16(23-17)14-5-3-2-4-6-14/h2-7,9,11-13H,8,10H2,1H3,(H,21,25)/t13-/m1/s1. The Morgan fingerprint density at radius 3 is 2.80 bits per heavy atom. The van der Waals surface area contributed by atoms with Gasteiger partial charge in [0.05, 0.1) is 16.9 Å². The Hall–Kier alpha value is -2.73. The highest BCUT2D eigenvalue weighted by Crippen LogP contribution is 2.15. The van der Waals surface area contributed by atoms with Crippen LogP contribution in [-0.2, 0) is 11.2 Å². The lowest BCUT2D eigenvalue weighted by atomic mass is 10.1. The van der Waals surface area contributed by atoms with E-state index < -0.39 is 6.04 Å². The third-order valence-electron chi connectivity index (χ3n) is 3.77. The molecule has 1 N–H and O–H groups in total. The van der Waals surface area contributed by atoms with Crippen LogP contribution in [0.2, 0.25) is 5.02 Å². The van der Waals surface area contributed by atoms with E-state index in [1.54, 1.807) is 19.3 Å².